The van der Waals surface area contributed by atoms with Crippen molar-refractivity contribution in [3.63, 3.8) is 0 Å². The van der Waals surface area contributed by atoms with Crippen LogP contribution >= 0.6 is 27.3 Å². The SMILES string of the molecule is N#Cc1ccc(OCc2ccc(Br)s2)c(N)c1. The number of hydrogen-bond donors (Lipinski definition) is 1. The summed E-state index contributed by atoms with van der Waals surface area (Å²) in [5, 5.41) is 8.71. The molecule has 0 fully saturated rings. The molecule has 2 aromatic rings. The van der Waals surface area contributed by atoms with E-state index in [4.69, 9.17) is 15.7 Å². The number of rotatable bonds is 3. The van der Waals surface area contributed by atoms with Crippen LogP contribution in [0.25, 0.3) is 0 Å². The highest BCUT2D eigenvalue weighted by molar-refractivity contribution is 9.11. The molecule has 0 radical (unpaired) electrons. The Hall–Kier alpha value is -1.51. The molecule has 5 heteroatoms. The highest BCUT2D eigenvalue weighted by Gasteiger charge is 2.03. The minimum absolute atomic E-state index is 0.479. The summed E-state index contributed by atoms with van der Waals surface area (Å²) >= 11 is 5.01. The predicted octanol–water partition coefficient (Wildman–Crippen LogP) is 3.54. The number of nitrogens with zero attached hydrogens (tertiary/aromatic N) is 1. The number of nitrogen functional groups attached to an aromatic ring is 1. The first kappa shape index (κ1) is 12.0. The maximum Gasteiger partial charge on any atom is 0.142 e. The number of nitriles is 1. The van der Waals surface area contributed by atoms with Gasteiger partial charge in [-0.25, -0.2) is 0 Å². The van der Waals surface area contributed by atoms with E-state index in [1.807, 2.05) is 18.2 Å². The van der Waals surface area contributed by atoms with Crippen molar-refractivity contribution in [2.24, 2.45) is 0 Å². The summed E-state index contributed by atoms with van der Waals surface area (Å²) in [4.78, 5) is 1.11. The third-order valence-electron chi connectivity index (χ3n) is 2.14. The van der Waals surface area contributed by atoms with Gasteiger partial charge in [0, 0.05) is 4.88 Å². The highest BCUT2D eigenvalue weighted by atomic mass is 79.9. The van der Waals surface area contributed by atoms with Crippen molar-refractivity contribution < 1.29 is 4.74 Å². The number of hydrogen-bond acceptors (Lipinski definition) is 4. The van der Waals surface area contributed by atoms with Crippen LogP contribution in [0.15, 0.2) is 34.1 Å². The second kappa shape index (κ2) is 5.21. The highest BCUT2D eigenvalue weighted by Crippen LogP contribution is 2.26. The van der Waals surface area contributed by atoms with Gasteiger partial charge in [0.05, 0.1) is 21.1 Å². The summed E-state index contributed by atoms with van der Waals surface area (Å²) in [5.74, 6) is 0.605. The van der Waals surface area contributed by atoms with Crippen LogP contribution in [-0.4, -0.2) is 0 Å². The number of nitrogens with two attached hydrogens (primary N) is 1. The van der Waals surface area contributed by atoms with E-state index in [0.29, 0.717) is 23.6 Å². The van der Waals surface area contributed by atoms with Crippen molar-refractivity contribution >= 4 is 33.0 Å². The van der Waals surface area contributed by atoms with E-state index in [1.165, 1.54) is 0 Å². The van der Waals surface area contributed by atoms with E-state index in [9.17, 15) is 0 Å². The van der Waals surface area contributed by atoms with Gasteiger partial charge in [0.15, 0.2) is 0 Å². The number of benzene rings is 1. The van der Waals surface area contributed by atoms with Crippen molar-refractivity contribution in [3.8, 4) is 11.8 Å². The first-order chi connectivity index (χ1) is 8.19. The van der Waals surface area contributed by atoms with Crippen LogP contribution in [0.2, 0.25) is 0 Å². The molecule has 1 aromatic carbocycles. The number of ether oxygens (including phenoxy) is 1. The molecule has 1 heterocycles. The van der Waals surface area contributed by atoms with Gasteiger partial charge in [-0.3, -0.25) is 0 Å². The normalized spacial score (nSPS) is 9.88. The number of thiophene rings is 1. The Morgan fingerprint density at radius 1 is 1.35 bits per heavy atom. The summed E-state index contributed by atoms with van der Waals surface area (Å²) in [6.07, 6.45) is 0. The molecule has 2 rings (SSSR count). The zero-order valence-electron chi connectivity index (χ0n) is 8.81. The topological polar surface area (TPSA) is 59.0 Å². The Labute approximate surface area is 112 Å². The minimum Gasteiger partial charge on any atom is -0.486 e. The number of anilines is 1. The third-order valence-corrected chi connectivity index (χ3v) is 3.73. The Morgan fingerprint density at radius 3 is 2.76 bits per heavy atom. The quantitative estimate of drug-likeness (QED) is 0.882. The first-order valence-electron chi connectivity index (χ1n) is 4.85. The summed E-state index contributed by atoms with van der Waals surface area (Å²) < 4.78 is 6.66. The zero-order chi connectivity index (χ0) is 12.3. The standard InChI is InChI=1S/C12H9BrN2OS/c13-12-4-2-9(17-12)7-16-11-3-1-8(6-14)5-10(11)15/h1-5H,7,15H2. The van der Waals surface area contributed by atoms with Gasteiger partial charge in [0.2, 0.25) is 0 Å². The first-order valence-corrected chi connectivity index (χ1v) is 6.46. The number of halogens is 1. The largest absolute Gasteiger partial charge is 0.486 e. The van der Waals surface area contributed by atoms with Crippen LogP contribution in [-0.2, 0) is 6.61 Å². The molecule has 0 saturated carbocycles. The summed E-state index contributed by atoms with van der Waals surface area (Å²) in [7, 11) is 0. The molecule has 86 valence electrons. The second-order valence-corrected chi connectivity index (χ2v) is 5.91. The van der Waals surface area contributed by atoms with Crippen LogP contribution in [0.1, 0.15) is 10.4 Å². The van der Waals surface area contributed by atoms with Crippen molar-refractivity contribution in [2.45, 2.75) is 6.61 Å². The van der Waals surface area contributed by atoms with Crippen molar-refractivity contribution in [1.82, 2.24) is 0 Å². The van der Waals surface area contributed by atoms with E-state index >= 15 is 0 Å². The van der Waals surface area contributed by atoms with Crippen LogP contribution in [0.5, 0.6) is 5.75 Å². The van der Waals surface area contributed by atoms with Crippen molar-refractivity contribution in [3.05, 3.63) is 44.6 Å². The van der Waals surface area contributed by atoms with Gasteiger partial charge >= 0.3 is 0 Å². The Balaban J connectivity index is 2.07. The molecule has 2 N–H and O–H groups in total. The molecule has 0 aliphatic rings. The van der Waals surface area contributed by atoms with E-state index in [-0.39, 0.29) is 0 Å². The second-order valence-electron chi connectivity index (χ2n) is 3.36. The maximum atomic E-state index is 8.71. The van der Waals surface area contributed by atoms with Crippen LogP contribution in [0.4, 0.5) is 5.69 Å². The molecule has 0 saturated heterocycles. The fraction of sp³-hybridized carbons (Fsp3) is 0.0833. The monoisotopic (exact) mass is 308 g/mol. The lowest BCUT2D eigenvalue weighted by molar-refractivity contribution is 0.311. The lowest BCUT2D eigenvalue weighted by atomic mass is 10.2. The van der Waals surface area contributed by atoms with Crippen molar-refractivity contribution in [1.29, 1.82) is 5.26 Å². The molecule has 1 aromatic heterocycles. The molecule has 0 unspecified atom stereocenters. The van der Waals surface area contributed by atoms with Crippen LogP contribution < -0.4 is 10.5 Å². The Kier molecular flexibility index (Phi) is 3.67. The molecule has 0 spiro atoms. The van der Waals surface area contributed by atoms with Gasteiger partial charge in [0.25, 0.3) is 0 Å². The zero-order valence-corrected chi connectivity index (χ0v) is 11.2. The van der Waals surface area contributed by atoms with Crippen LogP contribution in [0.3, 0.4) is 0 Å². The Morgan fingerprint density at radius 2 is 2.18 bits per heavy atom. The average molecular weight is 309 g/mol. The van der Waals surface area contributed by atoms with Gasteiger partial charge in [-0.2, -0.15) is 5.26 Å². The molecule has 0 amide bonds. The Bertz CT molecular complexity index is 574. The molecule has 0 atom stereocenters. The molecule has 0 aliphatic carbocycles. The summed E-state index contributed by atoms with van der Waals surface area (Å²) in [5.41, 5.74) is 6.81. The minimum atomic E-state index is 0.479. The smallest absolute Gasteiger partial charge is 0.142 e. The molecule has 3 nitrogen and oxygen atoms in total. The molecule has 0 aliphatic heterocycles. The predicted molar refractivity (Wildman–Crippen MR) is 71.9 cm³/mol. The van der Waals surface area contributed by atoms with E-state index < -0.39 is 0 Å². The summed E-state index contributed by atoms with van der Waals surface area (Å²) in [6.45, 7) is 0.479. The van der Waals surface area contributed by atoms with Crippen molar-refractivity contribution in [2.75, 3.05) is 5.73 Å². The molecular formula is C12H9BrN2OS. The lowest BCUT2D eigenvalue weighted by Crippen LogP contribution is -1.97. The molecule has 0 bridgehead atoms. The van der Waals surface area contributed by atoms with E-state index in [2.05, 4.69) is 15.9 Å². The molecular weight excluding hydrogens is 300 g/mol. The molecule has 17 heavy (non-hydrogen) atoms. The fourth-order valence-electron chi connectivity index (χ4n) is 1.33. The van der Waals surface area contributed by atoms with Gasteiger partial charge in [-0.05, 0) is 46.3 Å². The van der Waals surface area contributed by atoms with Gasteiger partial charge in [0.1, 0.15) is 12.4 Å². The van der Waals surface area contributed by atoms with E-state index in [0.717, 1.165) is 8.66 Å². The average Bonchev–Trinajstić information content (AvgIpc) is 2.73. The van der Waals surface area contributed by atoms with Gasteiger partial charge in [-0.1, -0.05) is 0 Å². The summed E-state index contributed by atoms with van der Waals surface area (Å²) in [6, 6.07) is 11.0. The van der Waals surface area contributed by atoms with Crippen LogP contribution in [0, 0.1) is 11.3 Å². The fourth-order valence-corrected chi connectivity index (χ4v) is 2.72. The van der Waals surface area contributed by atoms with Gasteiger partial charge < -0.3 is 10.5 Å². The van der Waals surface area contributed by atoms with Gasteiger partial charge in [-0.15, -0.1) is 11.3 Å². The lowest BCUT2D eigenvalue weighted by Gasteiger charge is -2.07. The maximum absolute atomic E-state index is 8.71. The third kappa shape index (κ3) is 2.99. The van der Waals surface area contributed by atoms with E-state index in [1.54, 1.807) is 29.5 Å².